The summed E-state index contributed by atoms with van der Waals surface area (Å²) in [5, 5.41) is 0. The van der Waals surface area contributed by atoms with Gasteiger partial charge in [0.25, 0.3) is 0 Å². The van der Waals surface area contributed by atoms with Gasteiger partial charge in [0.05, 0.1) is 11.0 Å². The van der Waals surface area contributed by atoms with Crippen LogP contribution in [0.2, 0.25) is 0 Å². The Morgan fingerprint density at radius 1 is 0.800 bits per heavy atom. The number of hydrogen-bond donors (Lipinski definition) is 1. The molecule has 1 aromatic heterocycles. The number of rotatable bonds is 9. The van der Waals surface area contributed by atoms with Crippen LogP contribution in [-0.4, -0.2) is 27.3 Å². The van der Waals surface area contributed by atoms with E-state index in [1.165, 1.54) is 5.56 Å². The first-order valence-electron chi connectivity index (χ1n) is 10.6. The van der Waals surface area contributed by atoms with Gasteiger partial charge in [0.2, 0.25) is 5.91 Å². The average molecular weight is 398 g/mol. The summed E-state index contributed by atoms with van der Waals surface area (Å²) in [5.74, 6) is 1.04. The molecule has 0 aliphatic carbocycles. The molecule has 0 atom stereocenters. The molecule has 4 rings (SSSR count). The predicted octanol–water partition coefficient (Wildman–Crippen LogP) is 5.16. The second kappa shape index (κ2) is 9.88. The SMILES string of the molecule is O=C(CCc1nc2ccccc2[nH]1)N(CCCc1ccccc1)Cc1ccccc1. The number of fused-ring (bicyclic) bond motifs is 1. The van der Waals surface area contributed by atoms with Gasteiger partial charge in [-0.05, 0) is 36.1 Å². The molecule has 4 nitrogen and oxygen atoms in total. The third-order valence-corrected chi connectivity index (χ3v) is 5.32. The van der Waals surface area contributed by atoms with Gasteiger partial charge < -0.3 is 9.88 Å². The summed E-state index contributed by atoms with van der Waals surface area (Å²) in [7, 11) is 0. The lowest BCUT2D eigenvalue weighted by Gasteiger charge is -2.23. The van der Waals surface area contributed by atoms with Crippen LogP contribution in [0.3, 0.4) is 0 Å². The van der Waals surface area contributed by atoms with Crippen LogP contribution in [0.1, 0.15) is 29.8 Å². The molecule has 4 heteroatoms. The number of carbonyl (C=O) groups excluding carboxylic acids is 1. The largest absolute Gasteiger partial charge is 0.342 e. The molecule has 30 heavy (non-hydrogen) atoms. The van der Waals surface area contributed by atoms with Crippen molar-refractivity contribution >= 4 is 16.9 Å². The summed E-state index contributed by atoms with van der Waals surface area (Å²) in [5.41, 5.74) is 4.44. The number of aromatic amines is 1. The molecule has 152 valence electrons. The van der Waals surface area contributed by atoms with Crippen molar-refractivity contribution in [2.75, 3.05) is 6.54 Å². The highest BCUT2D eigenvalue weighted by Crippen LogP contribution is 2.14. The molecule has 0 spiro atoms. The molecule has 0 aliphatic heterocycles. The quantitative estimate of drug-likeness (QED) is 0.424. The highest BCUT2D eigenvalue weighted by molar-refractivity contribution is 5.77. The minimum absolute atomic E-state index is 0.173. The van der Waals surface area contributed by atoms with Gasteiger partial charge in [-0.1, -0.05) is 72.8 Å². The molecule has 1 amide bonds. The molecule has 0 saturated heterocycles. The van der Waals surface area contributed by atoms with Crippen molar-refractivity contribution in [2.24, 2.45) is 0 Å². The van der Waals surface area contributed by atoms with Crippen LogP contribution in [-0.2, 0) is 24.2 Å². The number of para-hydroxylation sites is 2. The van der Waals surface area contributed by atoms with E-state index in [9.17, 15) is 4.79 Å². The zero-order valence-electron chi connectivity index (χ0n) is 17.1. The standard InChI is InChI=1S/C26H27N3O/c30-26(18-17-25-27-23-15-7-8-16-24(23)28-25)29(20-22-12-5-2-6-13-22)19-9-14-21-10-3-1-4-11-21/h1-8,10-13,15-16H,9,14,17-20H2,(H,27,28). The Labute approximate surface area is 177 Å². The topological polar surface area (TPSA) is 49.0 Å². The van der Waals surface area contributed by atoms with Gasteiger partial charge in [-0.15, -0.1) is 0 Å². The molecule has 3 aromatic carbocycles. The normalized spacial score (nSPS) is 10.9. The number of hydrogen-bond acceptors (Lipinski definition) is 2. The summed E-state index contributed by atoms with van der Waals surface area (Å²) in [6, 6.07) is 28.6. The van der Waals surface area contributed by atoms with E-state index in [2.05, 4.69) is 46.4 Å². The van der Waals surface area contributed by atoms with Gasteiger partial charge in [0, 0.05) is 25.9 Å². The molecule has 0 aliphatic rings. The Balaban J connectivity index is 1.38. The number of H-pyrrole nitrogens is 1. The summed E-state index contributed by atoms with van der Waals surface area (Å²) < 4.78 is 0. The summed E-state index contributed by atoms with van der Waals surface area (Å²) >= 11 is 0. The summed E-state index contributed by atoms with van der Waals surface area (Å²) in [6.45, 7) is 1.40. The smallest absolute Gasteiger partial charge is 0.223 e. The molecule has 0 saturated carbocycles. The predicted molar refractivity (Wildman–Crippen MR) is 121 cm³/mol. The van der Waals surface area contributed by atoms with Crippen LogP contribution in [0.25, 0.3) is 11.0 Å². The Kier molecular flexibility index (Phi) is 6.55. The van der Waals surface area contributed by atoms with E-state index in [1.807, 2.05) is 53.4 Å². The van der Waals surface area contributed by atoms with E-state index in [1.54, 1.807) is 0 Å². The molecule has 0 unspecified atom stereocenters. The fourth-order valence-electron chi connectivity index (χ4n) is 3.72. The third-order valence-electron chi connectivity index (χ3n) is 5.32. The van der Waals surface area contributed by atoms with Gasteiger partial charge in [-0.25, -0.2) is 4.98 Å². The van der Waals surface area contributed by atoms with Crippen molar-refractivity contribution in [1.82, 2.24) is 14.9 Å². The van der Waals surface area contributed by atoms with Crippen molar-refractivity contribution in [1.29, 1.82) is 0 Å². The first-order chi connectivity index (χ1) is 14.8. The lowest BCUT2D eigenvalue weighted by Crippen LogP contribution is -2.32. The third kappa shape index (κ3) is 5.35. The minimum Gasteiger partial charge on any atom is -0.342 e. The maximum Gasteiger partial charge on any atom is 0.223 e. The molecular formula is C26H27N3O. The molecule has 4 aromatic rings. The second-order valence-electron chi connectivity index (χ2n) is 7.59. The highest BCUT2D eigenvalue weighted by Gasteiger charge is 2.15. The van der Waals surface area contributed by atoms with Crippen molar-refractivity contribution < 1.29 is 4.79 Å². The maximum absolute atomic E-state index is 13.1. The van der Waals surface area contributed by atoms with Crippen LogP contribution in [0.4, 0.5) is 0 Å². The van der Waals surface area contributed by atoms with Crippen molar-refractivity contribution in [3.05, 3.63) is 102 Å². The van der Waals surface area contributed by atoms with E-state index in [0.29, 0.717) is 19.4 Å². The number of amides is 1. The number of benzene rings is 3. The van der Waals surface area contributed by atoms with Gasteiger partial charge >= 0.3 is 0 Å². The number of carbonyl (C=O) groups is 1. The van der Waals surface area contributed by atoms with E-state index in [4.69, 9.17) is 0 Å². The summed E-state index contributed by atoms with van der Waals surface area (Å²) in [6.07, 6.45) is 3.01. The zero-order valence-corrected chi connectivity index (χ0v) is 17.1. The van der Waals surface area contributed by atoms with Crippen molar-refractivity contribution in [3.63, 3.8) is 0 Å². The van der Waals surface area contributed by atoms with Crippen LogP contribution < -0.4 is 0 Å². The van der Waals surface area contributed by atoms with Crippen LogP contribution >= 0.6 is 0 Å². The van der Waals surface area contributed by atoms with Crippen LogP contribution in [0.15, 0.2) is 84.9 Å². The molecule has 0 bridgehead atoms. The van der Waals surface area contributed by atoms with E-state index in [-0.39, 0.29) is 5.91 Å². The molecule has 1 N–H and O–H groups in total. The Morgan fingerprint density at radius 2 is 1.47 bits per heavy atom. The van der Waals surface area contributed by atoms with Crippen LogP contribution in [0.5, 0.6) is 0 Å². The van der Waals surface area contributed by atoms with Crippen molar-refractivity contribution in [2.45, 2.75) is 32.2 Å². The molecule has 1 heterocycles. The van der Waals surface area contributed by atoms with Crippen LogP contribution in [0, 0.1) is 0 Å². The average Bonchev–Trinajstić information content (AvgIpc) is 3.21. The number of nitrogens with zero attached hydrogens (tertiary/aromatic N) is 2. The first kappa shape index (κ1) is 19.9. The van der Waals surface area contributed by atoms with Gasteiger partial charge in [0.15, 0.2) is 0 Å². The first-order valence-corrected chi connectivity index (χ1v) is 10.6. The number of nitrogens with one attached hydrogen (secondary N) is 1. The Bertz CT molecular complexity index is 1040. The molecular weight excluding hydrogens is 370 g/mol. The zero-order chi connectivity index (χ0) is 20.6. The fraction of sp³-hybridized carbons (Fsp3) is 0.231. The van der Waals surface area contributed by atoms with Gasteiger partial charge in [-0.3, -0.25) is 4.79 Å². The highest BCUT2D eigenvalue weighted by atomic mass is 16.2. The van der Waals surface area contributed by atoms with E-state index in [0.717, 1.165) is 41.8 Å². The van der Waals surface area contributed by atoms with E-state index < -0.39 is 0 Å². The lowest BCUT2D eigenvalue weighted by atomic mass is 10.1. The fourth-order valence-corrected chi connectivity index (χ4v) is 3.72. The van der Waals surface area contributed by atoms with Gasteiger partial charge in [-0.2, -0.15) is 0 Å². The number of aromatic nitrogens is 2. The monoisotopic (exact) mass is 397 g/mol. The lowest BCUT2D eigenvalue weighted by molar-refractivity contribution is -0.131. The van der Waals surface area contributed by atoms with E-state index >= 15 is 0 Å². The number of aryl methyl sites for hydroxylation is 2. The minimum atomic E-state index is 0.173. The maximum atomic E-state index is 13.1. The second-order valence-corrected chi connectivity index (χ2v) is 7.59. The van der Waals surface area contributed by atoms with Gasteiger partial charge in [0.1, 0.15) is 5.82 Å². The van der Waals surface area contributed by atoms with Crippen molar-refractivity contribution in [3.8, 4) is 0 Å². The molecule has 0 radical (unpaired) electrons. The Morgan fingerprint density at radius 3 is 2.20 bits per heavy atom. The number of imidazole rings is 1. The summed E-state index contributed by atoms with van der Waals surface area (Å²) in [4.78, 5) is 23.0. The Hall–Kier alpha value is -3.40. The molecule has 0 fully saturated rings.